The molecule has 0 aliphatic heterocycles. The first-order valence-electron chi connectivity index (χ1n) is 10.4. The third-order valence-corrected chi connectivity index (χ3v) is 6.90. The monoisotopic (exact) mass is 369 g/mol. The topological polar surface area (TPSA) is 71.1 Å². The van der Waals surface area contributed by atoms with E-state index in [4.69, 9.17) is 0 Å². The van der Waals surface area contributed by atoms with Crippen LogP contribution < -0.4 is 10.6 Å². The van der Waals surface area contributed by atoms with Gasteiger partial charge in [-0.2, -0.15) is 0 Å². The van der Waals surface area contributed by atoms with Crippen LogP contribution in [0.2, 0.25) is 0 Å². The number of aromatic nitrogens is 1. The number of anilines is 1. The summed E-state index contributed by atoms with van der Waals surface area (Å²) in [7, 11) is 0. The molecule has 0 saturated heterocycles. The minimum absolute atomic E-state index is 0.0210. The Kier molecular flexibility index (Phi) is 4.73. The molecular formula is C22H31N3O2. The van der Waals surface area contributed by atoms with E-state index in [1.807, 2.05) is 32.9 Å². The fraction of sp³-hybridized carbons (Fsp3) is 0.682. The maximum Gasteiger partial charge on any atom is 0.248 e. The molecule has 4 bridgehead atoms. The van der Waals surface area contributed by atoms with Gasteiger partial charge in [-0.25, -0.2) is 4.98 Å². The van der Waals surface area contributed by atoms with Gasteiger partial charge in [-0.3, -0.25) is 9.59 Å². The van der Waals surface area contributed by atoms with Crippen molar-refractivity contribution in [1.29, 1.82) is 0 Å². The summed E-state index contributed by atoms with van der Waals surface area (Å²) in [5.41, 5.74) is 0.621. The first kappa shape index (κ1) is 18.5. The number of nitrogens with one attached hydrogen (secondary N) is 2. The first-order valence-corrected chi connectivity index (χ1v) is 10.4. The molecule has 1 atom stereocenters. The third-order valence-electron chi connectivity index (χ3n) is 6.90. The highest BCUT2D eigenvalue weighted by molar-refractivity contribution is 5.97. The Bertz CT molecular complexity index is 708. The predicted octanol–water partition coefficient (Wildman–Crippen LogP) is 3.69. The van der Waals surface area contributed by atoms with Gasteiger partial charge in [0.05, 0.1) is 0 Å². The Hall–Kier alpha value is -1.91. The van der Waals surface area contributed by atoms with Crippen LogP contribution in [0.1, 0.15) is 58.1 Å². The van der Waals surface area contributed by atoms with Crippen molar-refractivity contribution in [1.82, 2.24) is 10.3 Å². The molecule has 146 valence electrons. The highest BCUT2D eigenvalue weighted by Crippen LogP contribution is 2.60. The highest BCUT2D eigenvalue weighted by atomic mass is 16.2. The van der Waals surface area contributed by atoms with Crippen LogP contribution in [0.25, 0.3) is 0 Å². The van der Waals surface area contributed by atoms with Crippen LogP contribution in [-0.4, -0.2) is 22.8 Å². The number of carbonyl (C=O) groups is 2. The van der Waals surface area contributed by atoms with Crippen LogP contribution in [0, 0.1) is 36.0 Å². The zero-order chi connectivity index (χ0) is 19.2. The molecule has 4 saturated carbocycles. The molecular weight excluding hydrogens is 338 g/mol. The highest BCUT2D eigenvalue weighted by Gasteiger charge is 2.55. The van der Waals surface area contributed by atoms with Crippen molar-refractivity contribution >= 4 is 17.6 Å². The maximum absolute atomic E-state index is 13.3. The molecule has 1 aromatic heterocycles. The second-order valence-electron chi connectivity index (χ2n) is 9.55. The van der Waals surface area contributed by atoms with Gasteiger partial charge in [0.25, 0.3) is 0 Å². The average Bonchev–Trinajstić information content (AvgIpc) is 2.57. The predicted molar refractivity (Wildman–Crippen MR) is 105 cm³/mol. The summed E-state index contributed by atoms with van der Waals surface area (Å²) < 4.78 is 0. The normalized spacial score (nSPS) is 32.4. The van der Waals surface area contributed by atoms with E-state index in [0.29, 0.717) is 23.6 Å². The van der Waals surface area contributed by atoms with Gasteiger partial charge in [-0.05, 0) is 81.3 Å². The molecule has 4 aliphatic carbocycles. The van der Waals surface area contributed by atoms with Gasteiger partial charge in [-0.1, -0.05) is 19.9 Å². The van der Waals surface area contributed by atoms with E-state index < -0.39 is 6.04 Å². The minimum Gasteiger partial charge on any atom is -0.344 e. The van der Waals surface area contributed by atoms with E-state index in [2.05, 4.69) is 15.6 Å². The fourth-order valence-corrected chi connectivity index (χ4v) is 6.03. The Morgan fingerprint density at radius 1 is 1.07 bits per heavy atom. The van der Waals surface area contributed by atoms with Gasteiger partial charge in [0.1, 0.15) is 11.9 Å². The lowest BCUT2D eigenvalue weighted by atomic mass is 9.49. The number of nitrogens with zero attached hydrogens (tertiary/aromatic N) is 1. The van der Waals surface area contributed by atoms with Crippen molar-refractivity contribution in [2.45, 2.75) is 65.3 Å². The first-order chi connectivity index (χ1) is 12.8. The van der Waals surface area contributed by atoms with E-state index in [1.165, 1.54) is 19.3 Å². The van der Waals surface area contributed by atoms with Gasteiger partial charge in [0, 0.05) is 11.1 Å². The zero-order valence-electron chi connectivity index (χ0n) is 16.6. The Balaban J connectivity index is 1.46. The lowest BCUT2D eigenvalue weighted by Crippen LogP contribution is -2.57. The second-order valence-corrected chi connectivity index (χ2v) is 9.55. The molecule has 5 nitrogen and oxygen atoms in total. The number of amides is 2. The molecule has 0 unspecified atom stereocenters. The van der Waals surface area contributed by atoms with Crippen molar-refractivity contribution < 1.29 is 9.59 Å². The van der Waals surface area contributed by atoms with E-state index in [1.54, 1.807) is 6.07 Å². The lowest BCUT2D eigenvalue weighted by Gasteiger charge is -2.55. The number of hydrogen-bond donors (Lipinski definition) is 2. The summed E-state index contributed by atoms with van der Waals surface area (Å²) in [4.78, 5) is 30.5. The summed E-state index contributed by atoms with van der Waals surface area (Å²) >= 11 is 0. The van der Waals surface area contributed by atoms with E-state index in [0.717, 1.165) is 25.0 Å². The largest absolute Gasteiger partial charge is 0.344 e. The summed E-state index contributed by atoms with van der Waals surface area (Å²) in [6, 6.07) is 5.01. The van der Waals surface area contributed by atoms with Crippen molar-refractivity contribution in [2.75, 3.05) is 5.32 Å². The van der Waals surface area contributed by atoms with E-state index in [-0.39, 0.29) is 23.1 Å². The molecule has 2 N–H and O–H groups in total. The van der Waals surface area contributed by atoms with Gasteiger partial charge in [-0.15, -0.1) is 0 Å². The van der Waals surface area contributed by atoms with Crippen LogP contribution in [0.15, 0.2) is 18.2 Å². The van der Waals surface area contributed by atoms with Gasteiger partial charge >= 0.3 is 0 Å². The van der Waals surface area contributed by atoms with Crippen molar-refractivity contribution in [3.8, 4) is 0 Å². The van der Waals surface area contributed by atoms with Crippen LogP contribution in [0.4, 0.5) is 5.82 Å². The molecule has 2 amide bonds. The Morgan fingerprint density at radius 2 is 1.67 bits per heavy atom. The molecule has 27 heavy (non-hydrogen) atoms. The van der Waals surface area contributed by atoms with Crippen LogP contribution in [0.3, 0.4) is 0 Å². The summed E-state index contributed by atoms with van der Waals surface area (Å²) in [6.45, 7) is 5.85. The molecule has 0 aromatic carbocycles. The number of pyridine rings is 1. The molecule has 1 aromatic rings. The van der Waals surface area contributed by atoms with Gasteiger partial charge in [0.15, 0.2) is 0 Å². The quantitative estimate of drug-likeness (QED) is 0.831. The minimum atomic E-state index is -0.534. The summed E-state index contributed by atoms with van der Waals surface area (Å²) in [5.74, 6) is 2.62. The standard InChI is InChI=1S/C22H31N3O2/c1-13(2)19(20(26)24-18-6-4-5-14(3)23-18)25-21(27)22-10-15-7-16(11-22)9-17(8-15)12-22/h4-6,13,15-17,19H,7-12H2,1-3H3,(H,25,27)(H,23,24,26)/t15?,16?,17?,19-,22?/m1/s1. The van der Waals surface area contributed by atoms with Crippen LogP contribution in [0.5, 0.6) is 0 Å². The molecule has 4 aliphatic rings. The van der Waals surface area contributed by atoms with E-state index >= 15 is 0 Å². The molecule has 0 spiro atoms. The lowest BCUT2D eigenvalue weighted by molar-refractivity contribution is -0.148. The Labute approximate surface area is 161 Å². The molecule has 0 radical (unpaired) electrons. The SMILES string of the molecule is Cc1cccc(NC(=O)[C@H](NC(=O)C23CC4CC(CC(C4)C2)C3)C(C)C)n1. The van der Waals surface area contributed by atoms with Crippen molar-refractivity contribution in [2.24, 2.45) is 29.1 Å². The van der Waals surface area contributed by atoms with Crippen LogP contribution in [-0.2, 0) is 9.59 Å². The zero-order valence-corrected chi connectivity index (χ0v) is 16.6. The molecule has 1 heterocycles. The third kappa shape index (κ3) is 3.61. The fourth-order valence-electron chi connectivity index (χ4n) is 6.03. The summed E-state index contributed by atoms with van der Waals surface area (Å²) in [5, 5.41) is 6.01. The van der Waals surface area contributed by atoms with Gasteiger partial charge < -0.3 is 10.6 Å². The number of rotatable bonds is 5. The maximum atomic E-state index is 13.3. The average molecular weight is 370 g/mol. The van der Waals surface area contributed by atoms with Crippen molar-refractivity contribution in [3.05, 3.63) is 23.9 Å². The molecule has 5 rings (SSSR count). The number of hydrogen-bond acceptors (Lipinski definition) is 3. The van der Waals surface area contributed by atoms with Gasteiger partial charge in [0.2, 0.25) is 11.8 Å². The Morgan fingerprint density at radius 3 is 2.19 bits per heavy atom. The van der Waals surface area contributed by atoms with Crippen molar-refractivity contribution in [3.63, 3.8) is 0 Å². The summed E-state index contributed by atoms with van der Waals surface area (Å²) in [6.07, 6.45) is 6.95. The number of carbonyl (C=O) groups excluding carboxylic acids is 2. The second kappa shape index (κ2) is 6.92. The molecule has 4 fully saturated rings. The number of aryl methyl sites for hydroxylation is 1. The molecule has 5 heteroatoms. The van der Waals surface area contributed by atoms with E-state index in [9.17, 15) is 9.59 Å². The van der Waals surface area contributed by atoms with Crippen LogP contribution >= 0.6 is 0 Å². The smallest absolute Gasteiger partial charge is 0.248 e.